The first-order chi connectivity index (χ1) is 15.4. The number of nitrogens with zero attached hydrogens (tertiary/aromatic N) is 3. The van der Waals surface area contributed by atoms with Crippen LogP contribution in [0.1, 0.15) is 40.5 Å². The molecule has 0 spiro atoms. The number of morpholine rings is 1. The van der Waals surface area contributed by atoms with Gasteiger partial charge in [0, 0.05) is 25.2 Å². The summed E-state index contributed by atoms with van der Waals surface area (Å²) in [5.41, 5.74) is 5.04. The van der Waals surface area contributed by atoms with Gasteiger partial charge in [0.05, 0.1) is 35.9 Å². The van der Waals surface area contributed by atoms with Crippen LogP contribution >= 0.6 is 0 Å². The van der Waals surface area contributed by atoms with Crippen molar-refractivity contribution < 1.29 is 23.7 Å². The third-order valence-electron chi connectivity index (χ3n) is 5.24. The monoisotopic (exact) mass is 445 g/mol. The Labute approximate surface area is 185 Å². The van der Waals surface area contributed by atoms with Gasteiger partial charge in [-0.3, -0.25) is 35.5 Å². The molecule has 172 valence electrons. The lowest BCUT2D eigenvalue weighted by molar-refractivity contribution is -0.384. The van der Waals surface area contributed by atoms with E-state index in [1.54, 1.807) is 6.07 Å². The number of non-ortho nitro benzene ring substituents is 1. The quantitative estimate of drug-likeness (QED) is 0.466. The Hall–Kier alpha value is -3.44. The predicted octanol–water partition coefficient (Wildman–Crippen LogP) is 1.94. The maximum atomic E-state index is 12.8. The van der Waals surface area contributed by atoms with Gasteiger partial charge in [0.2, 0.25) is 0 Å². The number of nitrogens with one attached hydrogen (secondary N) is 2. The van der Waals surface area contributed by atoms with Gasteiger partial charge < -0.3 is 14.1 Å². The molecule has 1 aromatic carbocycles. The molecule has 0 atom stereocenters. The van der Waals surface area contributed by atoms with E-state index in [1.165, 1.54) is 24.3 Å². The van der Waals surface area contributed by atoms with Crippen LogP contribution < -0.4 is 15.8 Å². The maximum absolute atomic E-state index is 12.8. The number of nitro groups is 1. The molecule has 11 heteroatoms. The summed E-state index contributed by atoms with van der Waals surface area (Å²) in [4.78, 5) is 39.9. The molecule has 11 nitrogen and oxygen atoms in total. The number of carbonyl (C=O) groups is 2. The first kappa shape index (κ1) is 23.2. The Morgan fingerprint density at radius 2 is 1.78 bits per heavy atom. The number of carbonyl (C=O) groups excluding carboxylic acids is 2. The van der Waals surface area contributed by atoms with Crippen LogP contribution in [0.2, 0.25) is 0 Å². The summed E-state index contributed by atoms with van der Waals surface area (Å²) >= 11 is 0. The van der Waals surface area contributed by atoms with Crippen molar-refractivity contribution in [2.45, 2.75) is 20.4 Å². The van der Waals surface area contributed by atoms with E-state index < -0.39 is 16.7 Å². The Morgan fingerprint density at radius 3 is 2.44 bits per heavy atom. The van der Waals surface area contributed by atoms with Crippen LogP contribution in [0.25, 0.3) is 0 Å². The third kappa shape index (κ3) is 5.62. The highest BCUT2D eigenvalue weighted by Crippen LogP contribution is 2.26. The molecule has 2 aromatic rings. The van der Waals surface area contributed by atoms with E-state index in [4.69, 9.17) is 9.15 Å². The number of hydrogen-bond donors (Lipinski definition) is 2. The van der Waals surface area contributed by atoms with Crippen LogP contribution in [-0.2, 0) is 11.3 Å². The SMILES string of the molecule is CCN(CC)Cc1ccc(C(=O)NNC(=O)c2cc([N+](=O)[O-])ccc2N2CCOCC2)o1. The fourth-order valence-corrected chi connectivity index (χ4v) is 3.39. The lowest BCUT2D eigenvalue weighted by Gasteiger charge is -2.30. The van der Waals surface area contributed by atoms with Crippen molar-refractivity contribution in [1.82, 2.24) is 15.8 Å². The zero-order valence-electron chi connectivity index (χ0n) is 18.1. The second-order valence-corrected chi connectivity index (χ2v) is 7.19. The van der Waals surface area contributed by atoms with E-state index in [0.29, 0.717) is 44.3 Å². The lowest BCUT2D eigenvalue weighted by atomic mass is 10.1. The van der Waals surface area contributed by atoms with Gasteiger partial charge in [-0.15, -0.1) is 0 Å². The van der Waals surface area contributed by atoms with Crippen LogP contribution in [0, 0.1) is 10.1 Å². The number of hydrogen-bond acceptors (Lipinski definition) is 8. The summed E-state index contributed by atoms with van der Waals surface area (Å²) in [6, 6.07) is 7.33. The number of benzene rings is 1. The lowest BCUT2D eigenvalue weighted by Crippen LogP contribution is -2.43. The molecule has 2 heterocycles. The molecule has 1 aliphatic heterocycles. The van der Waals surface area contributed by atoms with Gasteiger partial charge >= 0.3 is 5.91 Å². The summed E-state index contributed by atoms with van der Waals surface area (Å²) in [6.45, 7) is 8.42. The second-order valence-electron chi connectivity index (χ2n) is 7.19. The van der Waals surface area contributed by atoms with Crippen LogP contribution in [0.4, 0.5) is 11.4 Å². The number of hydrazine groups is 1. The van der Waals surface area contributed by atoms with Crippen molar-refractivity contribution in [3.8, 4) is 0 Å². The highest BCUT2D eigenvalue weighted by molar-refractivity contribution is 6.02. The minimum absolute atomic E-state index is 0.0555. The molecule has 0 saturated carbocycles. The molecule has 2 amide bonds. The Bertz CT molecular complexity index is 965. The van der Waals surface area contributed by atoms with Crippen molar-refractivity contribution in [2.24, 2.45) is 0 Å². The standard InChI is InChI=1S/C21H27N5O6/c1-3-24(4-2)14-16-6-8-19(32-16)21(28)23-22-20(27)17-13-15(26(29)30)5-7-18(17)25-9-11-31-12-10-25/h5-8,13H,3-4,9-12,14H2,1-2H3,(H,22,27)(H,23,28). The molecule has 2 N–H and O–H groups in total. The van der Waals surface area contributed by atoms with Gasteiger partial charge in [-0.25, -0.2) is 0 Å². The summed E-state index contributed by atoms with van der Waals surface area (Å²) < 4.78 is 10.9. The number of rotatable bonds is 8. The minimum atomic E-state index is -0.668. The summed E-state index contributed by atoms with van der Waals surface area (Å²) in [5, 5.41) is 11.2. The van der Waals surface area contributed by atoms with Gasteiger partial charge in [0.15, 0.2) is 5.76 Å². The molecule has 1 fully saturated rings. The number of nitro benzene ring substituents is 1. The first-order valence-electron chi connectivity index (χ1n) is 10.5. The molecule has 0 bridgehead atoms. The topological polar surface area (TPSA) is 130 Å². The molecule has 1 aromatic heterocycles. The fourth-order valence-electron chi connectivity index (χ4n) is 3.39. The Kier molecular flexibility index (Phi) is 7.79. The Balaban J connectivity index is 1.70. The maximum Gasteiger partial charge on any atom is 0.305 e. The van der Waals surface area contributed by atoms with Crippen molar-refractivity contribution in [1.29, 1.82) is 0 Å². The smallest absolute Gasteiger partial charge is 0.305 e. The summed E-state index contributed by atoms with van der Waals surface area (Å²) in [5.74, 6) is -0.598. The number of furan rings is 1. The highest BCUT2D eigenvalue weighted by Gasteiger charge is 2.23. The number of anilines is 1. The summed E-state index contributed by atoms with van der Waals surface area (Å²) in [6.07, 6.45) is 0. The molecule has 3 rings (SSSR count). The van der Waals surface area contributed by atoms with Crippen molar-refractivity contribution in [3.63, 3.8) is 0 Å². The molecule has 0 unspecified atom stereocenters. The van der Waals surface area contributed by atoms with Gasteiger partial charge in [-0.05, 0) is 31.3 Å². The predicted molar refractivity (Wildman–Crippen MR) is 116 cm³/mol. The largest absolute Gasteiger partial charge is 0.454 e. The van der Waals surface area contributed by atoms with Crippen LogP contribution in [0.3, 0.4) is 0 Å². The normalized spacial score (nSPS) is 13.8. The third-order valence-corrected chi connectivity index (χ3v) is 5.24. The van der Waals surface area contributed by atoms with E-state index in [0.717, 1.165) is 13.1 Å². The molecular weight excluding hydrogens is 418 g/mol. The van der Waals surface area contributed by atoms with Crippen LogP contribution in [-0.4, -0.2) is 61.0 Å². The molecule has 1 saturated heterocycles. The van der Waals surface area contributed by atoms with E-state index in [1.807, 2.05) is 18.7 Å². The molecular formula is C21H27N5O6. The number of amides is 2. The van der Waals surface area contributed by atoms with Gasteiger partial charge in [-0.1, -0.05) is 13.8 Å². The second kappa shape index (κ2) is 10.7. The minimum Gasteiger partial charge on any atom is -0.454 e. The van der Waals surface area contributed by atoms with Gasteiger partial charge in [-0.2, -0.15) is 0 Å². The van der Waals surface area contributed by atoms with Crippen LogP contribution in [0.15, 0.2) is 34.7 Å². The molecule has 32 heavy (non-hydrogen) atoms. The average molecular weight is 445 g/mol. The van der Waals surface area contributed by atoms with Crippen molar-refractivity contribution in [2.75, 3.05) is 44.3 Å². The van der Waals surface area contributed by atoms with Crippen molar-refractivity contribution >= 4 is 23.2 Å². The Morgan fingerprint density at radius 1 is 1.09 bits per heavy atom. The van der Waals surface area contributed by atoms with E-state index in [9.17, 15) is 19.7 Å². The summed E-state index contributed by atoms with van der Waals surface area (Å²) in [7, 11) is 0. The molecule has 1 aliphatic rings. The number of ether oxygens (including phenoxy) is 1. The highest BCUT2D eigenvalue weighted by atomic mass is 16.6. The molecule has 0 radical (unpaired) electrons. The van der Waals surface area contributed by atoms with Gasteiger partial charge in [0.1, 0.15) is 5.76 Å². The average Bonchev–Trinajstić information content (AvgIpc) is 3.29. The van der Waals surface area contributed by atoms with E-state index in [-0.39, 0.29) is 17.0 Å². The first-order valence-corrected chi connectivity index (χ1v) is 10.5. The van der Waals surface area contributed by atoms with Crippen LogP contribution in [0.5, 0.6) is 0 Å². The van der Waals surface area contributed by atoms with Gasteiger partial charge in [0.25, 0.3) is 11.6 Å². The molecule has 0 aliphatic carbocycles. The van der Waals surface area contributed by atoms with Crippen molar-refractivity contribution in [3.05, 3.63) is 57.5 Å². The zero-order chi connectivity index (χ0) is 23.1. The van der Waals surface area contributed by atoms with E-state index >= 15 is 0 Å². The fraction of sp³-hybridized carbons (Fsp3) is 0.429. The zero-order valence-corrected chi connectivity index (χ0v) is 18.1. The van der Waals surface area contributed by atoms with E-state index in [2.05, 4.69) is 15.8 Å².